The Hall–Kier alpha value is -1.82. The molecule has 0 aliphatic carbocycles. The summed E-state index contributed by atoms with van der Waals surface area (Å²) in [7, 11) is 0. The number of likely N-dealkylation sites (N-methyl/N-ethyl adjacent to an activating group) is 1. The third-order valence-corrected chi connectivity index (χ3v) is 2.78. The molecule has 1 rings (SSSR count). The zero-order valence-electron chi connectivity index (χ0n) is 11.3. The fraction of sp³-hybridized carbons (Fsp3) is 0.462. The molecule has 106 valence electrons. The monoisotopic (exact) mass is 269 g/mol. The summed E-state index contributed by atoms with van der Waals surface area (Å²) in [4.78, 5) is 1.88. The standard InChI is InChI=1S/C13H20FN3O2/c1-3-17(7-8-19-4-2)12-6-5-10(9-11(12)14)13(15)16-18/h5-6,9,18H,3-4,7-8H2,1-2H3,(H2,15,16). The fourth-order valence-corrected chi connectivity index (χ4v) is 1.75. The molecule has 0 heterocycles. The van der Waals surface area contributed by atoms with E-state index in [2.05, 4.69) is 5.16 Å². The van der Waals surface area contributed by atoms with E-state index in [1.807, 2.05) is 18.7 Å². The van der Waals surface area contributed by atoms with E-state index >= 15 is 0 Å². The van der Waals surface area contributed by atoms with Gasteiger partial charge >= 0.3 is 0 Å². The van der Waals surface area contributed by atoms with Crippen LogP contribution in [0, 0.1) is 5.82 Å². The number of oxime groups is 1. The molecule has 0 bridgehead atoms. The van der Waals surface area contributed by atoms with Crippen LogP contribution in [0.1, 0.15) is 19.4 Å². The van der Waals surface area contributed by atoms with Crippen molar-refractivity contribution in [1.29, 1.82) is 0 Å². The zero-order valence-corrected chi connectivity index (χ0v) is 11.3. The Kier molecular flexibility index (Phi) is 6.08. The third-order valence-electron chi connectivity index (χ3n) is 2.78. The van der Waals surface area contributed by atoms with Gasteiger partial charge in [0.15, 0.2) is 5.84 Å². The van der Waals surface area contributed by atoms with Crippen molar-refractivity contribution in [1.82, 2.24) is 0 Å². The maximum Gasteiger partial charge on any atom is 0.170 e. The third kappa shape index (κ3) is 4.10. The van der Waals surface area contributed by atoms with Gasteiger partial charge < -0.3 is 20.6 Å². The van der Waals surface area contributed by atoms with Gasteiger partial charge in [0.1, 0.15) is 5.82 Å². The number of ether oxygens (including phenoxy) is 1. The highest BCUT2D eigenvalue weighted by Crippen LogP contribution is 2.20. The molecule has 0 atom stereocenters. The van der Waals surface area contributed by atoms with E-state index in [1.54, 1.807) is 12.1 Å². The van der Waals surface area contributed by atoms with Crippen molar-refractivity contribution in [3.8, 4) is 0 Å². The smallest absolute Gasteiger partial charge is 0.170 e. The van der Waals surface area contributed by atoms with E-state index in [4.69, 9.17) is 15.7 Å². The number of benzene rings is 1. The van der Waals surface area contributed by atoms with Gasteiger partial charge in [0.2, 0.25) is 0 Å². The molecule has 0 fully saturated rings. The van der Waals surface area contributed by atoms with Gasteiger partial charge in [-0.2, -0.15) is 0 Å². The van der Waals surface area contributed by atoms with Crippen LogP contribution in [-0.2, 0) is 4.74 Å². The van der Waals surface area contributed by atoms with Crippen molar-refractivity contribution < 1.29 is 14.3 Å². The molecule has 0 unspecified atom stereocenters. The van der Waals surface area contributed by atoms with Crippen LogP contribution < -0.4 is 10.6 Å². The van der Waals surface area contributed by atoms with Crippen molar-refractivity contribution >= 4 is 11.5 Å². The van der Waals surface area contributed by atoms with Crippen LogP contribution in [-0.4, -0.2) is 37.3 Å². The van der Waals surface area contributed by atoms with Crippen LogP contribution in [0.3, 0.4) is 0 Å². The molecule has 5 nitrogen and oxygen atoms in total. The van der Waals surface area contributed by atoms with Gasteiger partial charge in [0.25, 0.3) is 0 Å². The van der Waals surface area contributed by atoms with Gasteiger partial charge in [-0.25, -0.2) is 4.39 Å². The first-order valence-corrected chi connectivity index (χ1v) is 6.24. The second-order valence-electron chi connectivity index (χ2n) is 3.93. The molecule has 6 heteroatoms. The molecule has 1 aromatic carbocycles. The molecule has 0 aromatic heterocycles. The van der Waals surface area contributed by atoms with Crippen molar-refractivity contribution in [2.45, 2.75) is 13.8 Å². The summed E-state index contributed by atoms with van der Waals surface area (Å²) < 4.78 is 19.3. The Labute approximate surface area is 112 Å². The number of hydrogen-bond acceptors (Lipinski definition) is 4. The average molecular weight is 269 g/mol. The summed E-state index contributed by atoms with van der Waals surface area (Å²) in [6.45, 7) is 6.34. The van der Waals surface area contributed by atoms with E-state index in [9.17, 15) is 4.39 Å². The molecular weight excluding hydrogens is 249 g/mol. The highest BCUT2D eigenvalue weighted by atomic mass is 19.1. The Morgan fingerprint density at radius 3 is 2.74 bits per heavy atom. The topological polar surface area (TPSA) is 71.1 Å². The van der Waals surface area contributed by atoms with Crippen molar-refractivity contribution in [2.75, 3.05) is 31.2 Å². The molecule has 1 aromatic rings. The first-order valence-electron chi connectivity index (χ1n) is 6.24. The van der Waals surface area contributed by atoms with Crippen LogP contribution in [0.15, 0.2) is 23.4 Å². The molecule has 19 heavy (non-hydrogen) atoms. The van der Waals surface area contributed by atoms with Gasteiger partial charge in [-0.05, 0) is 32.0 Å². The summed E-state index contributed by atoms with van der Waals surface area (Å²) in [6, 6.07) is 4.50. The molecule has 0 saturated heterocycles. The molecule has 0 aliphatic heterocycles. The normalized spacial score (nSPS) is 11.6. The second kappa shape index (κ2) is 7.58. The lowest BCUT2D eigenvalue weighted by Crippen LogP contribution is -2.28. The minimum Gasteiger partial charge on any atom is -0.409 e. The summed E-state index contributed by atoms with van der Waals surface area (Å²) >= 11 is 0. The van der Waals surface area contributed by atoms with Gasteiger partial charge in [-0.15, -0.1) is 0 Å². The lowest BCUT2D eigenvalue weighted by molar-refractivity contribution is 0.154. The number of nitrogens with zero attached hydrogens (tertiary/aromatic N) is 2. The number of rotatable bonds is 7. The number of nitrogens with two attached hydrogens (primary N) is 1. The van der Waals surface area contributed by atoms with E-state index in [0.717, 1.165) is 0 Å². The highest BCUT2D eigenvalue weighted by Gasteiger charge is 2.11. The first kappa shape index (κ1) is 15.2. The largest absolute Gasteiger partial charge is 0.409 e. The maximum absolute atomic E-state index is 14.0. The van der Waals surface area contributed by atoms with Crippen molar-refractivity contribution in [3.05, 3.63) is 29.6 Å². The average Bonchev–Trinajstić information content (AvgIpc) is 2.43. The van der Waals surface area contributed by atoms with E-state index in [0.29, 0.717) is 37.6 Å². The van der Waals surface area contributed by atoms with Crippen molar-refractivity contribution in [2.24, 2.45) is 10.9 Å². The van der Waals surface area contributed by atoms with Crippen molar-refractivity contribution in [3.63, 3.8) is 0 Å². The van der Waals surface area contributed by atoms with Crippen LogP contribution in [0.5, 0.6) is 0 Å². The minimum absolute atomic E-state index is 0.109. The van der Waals surface area contributed by atoms with Gasteiger partial charge in [0.05, 0.1) is 12.3 Å². The lowest BCUT2D eigenvalue weighted by atomic mass is 10.1. The summed E-state index contributed by atoms with van der Waals surface area (Å²) in [6.07, 6.45) is 0. The van der Waals surface area contributed by atoms with Crippen LogP contribution in [0.4, 0.5) is 10.1 Å². The zero-order chi connectivity index (χ0) is 14.3. The Morgan fingerprint density at radius 2 is 2.21 bits per heavy atom. The van der Waals surface area contributed by atoms with E-state index in [-0.39, 0.29) is 5.84 Å². The molecular formula is C13H20FN3O2. The predicted molar refractivity (Wildman–Crippen MR) is 73.3 cm³/mol. The highest BCUT2D eigenvalue weighted by molar-refractivity contribution is 5.97. The predicted octanol–water partition coefficient (Wildman–Crippen LogP) is 1.78. The van der Waals surface area contributed by atoms with Gasteiger partial charge in [-0.1, -0.05) is 5.16 Å². The number of anilines is 1. The fourth-order valence-electron chi connectivity index (χ4n) is 1.75. The molecule has 0 spiro atoms. The Morgan fingerprint density at radius 1 is 1.47 bits per heavy atom. The first-order chi connectivity index (χ1) is 9.13. The molecule has 3 N–H and O–H groups in total. The van der Waals surface area contributed by atoms with Gasteiger partial charge in [-0.3, -0.25) is 0 Å². The SMILES string of the molecule is CCOCCN(CC)c1ccc(C(N)=NO)cc1F. The number of halogens is 1. The Bertz CT molecular complexity index is 438. The lowest BCUT2D eigenvalue weighted by Gasteiger charge is -2.23. The van der Waals surface area contributed by atoms with E-state index < -0.39 is 5.82 Å². The summed E-state index contributed by atoms with van der Waals surface area (Å²) in [5.41, 5.74) is 6.25. The summed E-state index contributed by atoms with van der Waals surface area (Å²) in [5, 5.41) is 11.4. The number of hydrogen-bond donors (Lipinski definition) is 2. The summed E-state index contributed by atoms with van der Waals surface area (Å²) in [5.74, 6) is -0.509. The quantitative estimate of drug-likeness (QED) is 0.260. The second-order valence-corrected chi connectivity index (χ2v) is 3.93. The molecule has 0 amide bonds. The number of amidine groups is 1. The van der Waals surface area contributed by atoms with E-state index in [1.165, 1.54) is 6.07 Å². The van der Waals surface area contributed by atoms with Crippen LogP contribution in [0.2, 0.25) is 0 Å². The molecule has 0 saturated carbocycles. The Balaban J connectivity index is 2.87. The molecule has 0 aliphatic rings. The van der Waals surface area contributed by atoms with Crippen LogP contribution >= 0.6 is 0 Å². The van der Waals surface area contributed by atoms with Crippen LogP contribution in [0.25, 0.3) is 0 Å². The minimum atomic E-state index is -0.401. The maximum atomic E-state index is 14.0. The van der Waals surface area contributed by atoms with Gasteiger partial charge in [0, 0.05) is 25.3 Å². The molecule has 0 radical (unpaired) electrons.